The SMILES string of the molecule is C=CC1=C(C=C)C(=O)c2c(NC(=O)C(C(C(=O)O)C(CC(C)(C)C)OC)C(C)(C)C)c(S(=O)(=O)O)cc(NC3CCCCC3)c2C1=O. The van der Waals surface area contributed by atoms with E-state index in [1.54, 1.807) is 20.8 Å². The number of ether oxygens (including phenoxy) is 1. The molecule has 3 unspecified atom stereocenters. The number of amides is 1. The van der Waals surface area contributed by atoms with Gasteiger partial charge in [-0.25, -0.2) is 0 Å². The summed E-state index contributed by atoms with van der Waals surface area (Å²) in [5.74, 6) is -6.43. The lowest BCUT2D eigenvalue weighted by Gasteiger charge is -2.39. The number of carbonyl (C=O) groups is 4. The zero-order chi connectivity index (χ0) is 35.6. The summed E-state index contributed by atoms with van der Waals surface area (Å²) in [5.41, 5.74) is -2.86. The highest BCUT2D eigenvalue weighted by Gasteiger charge is 2.48. The van der Waals surface area contributed by atoms with Crippen LogP contribution in [0.4, 0.5) is 11.4 Å². The van der Waals surface area contributed by atoms with Crippen molar-refractivity contribution >= 4 is 44.9 Å². The summed E-state index contributed by atoms with van der Waals surface area (Å²) in [5, 5.41) is 16.2. The van der Waals surface area contributed by atoms with Crippen LogP contribution in [0.1, 0.15) is 101 Å². The van der Waals surface area contributed by atoms with Crippen LogP contribution in [0.2, 0.25) is 0 Å². The zero-order valence-electron chi connectivity index (χ0n) is 28.4. The zero-order valence-corrected chi connectivity index (χ0v) is 29.2. The van der Waals surface area contributed by atoms with Crippen LogP contribution >= 0.6 is 0 Å². The number of carbonyl (C=O) groups excluding carboxylic acids is 3. The summed E-state index contributed by atoms with van der Waals surface area (Å²) in [6, 6.07) is 0.902. The van der Waals surface area contributed by atoms with E-state index in [9.17, 15) is 37.3 Å². The summed E-state index contributed by atoms with van der Waals surface area (Å²) >= 11 is 0. The molecule has 2 aliphatic carbocycles. The van der Waals surface area contributed by atoms with E-state index in [4.69, 9.17) is 4.74 Å². The number of ketones is 2. The fourth-order valence-electron chi connectivity index (χ4n) is 6.72. The van der Waals surface area contributed by atoms with Crippen LogP contribution in [0.5, 0.6) is 0 Å². The summed E-state index contributed by atoms with van der Waals surface area (Å²) in [6.45, 7) is 18.0. The lowest BCUT2D eigenvalue weighted by atomic mass is 9.68. The molecule has 1 amide bonds. The van der Waals surface area contributed by atoms with Gasteiger partial charge in [0.05, 0.1) is 34.8 Å². The number of allylic oxidation sites excluding steroid dienone is 4. The van der Waals surface area contributed by atoms with Crippen molar-refractivity contribution in [2.45, 2.75) is 97.1 Å². The topological polar surface area (TPSA) is 176 Å². The Morgan fingerprint density at radius 3 is 1.96 bits per heavy atom. The van der Waals surface area contributed by atoms with Crippen LogP contribution in [-0.2, 0) is 24.4 Å². The molecule has 0 aliphatic heterocycles. The molecule has 1 aromatic carbocycles. The maximum atomic E-state index is 14.4. The van der Waals surface area contributed by atoms with Gasteiger partial charge in [0, 0.05) is 30.0 Å². The van der Waals surface area contributed by atoms with Crippen LogP contribution < -0.4 is 10.6 Å². The minimum absolute atomic E-state index is 0.0127. The third-order valence-corrected chi connectivity index (χ3v) is 9.68. The number of Topliss-reactive ketones (excluding diaryl/α,β-unsaturated/α-hetero) is 2. The van der Waals surface area contributed by atoms with Gasteiger partial charge in [-0.2, -0.15) is 8.42 Å². The minimum Gasteiger partial charge on any atom is -0.481 e. The van der Waals surface area contributed by atoms with Gasteiger partial charge >= 0.3 is 5.97 Å². The van der Waals surface area contributed by atoms with E-state index in [1.165, 1.54) is 13.2 Å². The summed E-state index contributed by atoms with van der Waals surface area (Å²) in [4.78, 5) is 54.5. The predicted molar refractivity (Wildman–Crippen MR) is 180 cm³/mol. The molecule has 1 saturated carbocycles. The third-order valence-electron chi connectivity index (χ3n) is 8.80. The number of hydrogen-bond donors (Lipinski definition) is 4. The van der Waals surface area contributed by atoms with Gasteiger partial charge in [0.15, 0.2) is 11.6 Å². The highest BCUT2D eigenvalue weighted by Crippen LogP contribution is 2.44. The first-order valence-electron chi connectivity index (χ1n) is 15.8. The van der Waals surface area contributed by atoms with Gasteiger partial charge in [-0.15, -0.1) is 0 Å². The molecule has 258 valence electrons. The van der Waals surface area contributed by atoms with Crippen LogP contribution in [0.25, 0.3) is 0 Å². The van der Waals surface area contributed by atoms with Crippen molar-refractivity contribution < 1.29 is 42.0 Å². The molecular weight excluding hydrogens is 624 g/mol. The first kappa shape index (κ1) is 37.8. The number of anilines is 2. The first-order chi connectivity index (χ1) is 21.7. The second-order valence-electron chi connectivity index (χ2n) is 14.6. The summed E-state index contributed by atoms with van der Waals surface area (Å²) < 4.78 is 42.0. The quantitative estimate of drug-likeness (QED) is 0.180. The van der Waals surface area contributed by atoms with E-state index in [0.717, 1.165) is 44.2 Å². The molecule has 4 N–H and O–H groups in total. The van der Waals surface area contributed by atoms with Gasteiger partial charge in [0.2, 0.25) is 5.91 Å². The predicted octanol–water partition coefficient (Wildman–Crippen LogP) is 6.48. The molecule has 3 rings (SSSR count). The number of benzene rings is 1. The van der Waals surface area contributed by atoms with E-state index in [2.05, 4.69) is 23.8 Å². The van der Waals surface area contributed by atoms with Crippen LogP contribution in [0, 0.1) is 22.7 Å². The van der Waals surface area contributed by atoms with E-state index in [1.807, 2.05) is 20.8 Å². The highest BCUT2D eigenvalue weighted by atomic mass is 32.2. The summed E-state index contributed by atoms with van der Waals surface area (Å²) in [7, 11) is -3.76. The first-order valence-corrected chi connectivity index (χ1v) is 17.2. The number of hydrogen-bond acceptors (Lipinski definition) is 8. The molecule has 0 radical (unpaired) electrons. The molecule has 0 spiro atoms. The van der Waals surface area contributed by atoms with E-state index in [0.29, 0.717) is 0 Å². The molecular formula is C35H48N2O9S. The number of carboxylic acid groups (broad SMARTS) is 1. The van der Waals surface area contributed by atoms with Crippen molar-refractivity contribution in [3.63, 3.8) is 0 Å². The van der Waals surface area contributed by atoms with Crippen molar-refractivity contribution in [2.24, 2.45) is 22.7 Å². The molecule has 11 nitrogen and oxygen atoms in total. The highest BCUT2D eigenvalue weighted by molar-refractivity contribution is 7.86. The van der Waals surface area contributed by atoms with Crippen molar-refractivity contribution in [3.8, 4) is 0 Å². The Bertz CT molecular complexity index is 1600. The number of rotatable bonds is 12. The average molecular weight is 673 g/mol. The minimum atomic E-state index is -5.12. The Morgan fingerprint density at radius 1 is 1.00 bits per heavy atom. The maximum absolute atomic E-state index is 14.4. The number of carboxylic acids is 1. The monoisotopic (exact) mass is 672 g/mol. The van der Waals surface area contributed by atoms with Crippen molar-refractivity contribution in [3.05, 3.63) is 53.6 Å². The summed E-state index contributed by atoms with van der Waals surface area (Å²) in [6.07, 6.45) is 6.01. The van der Waals surface area contributed by atoms with Gasteiger partial charge in [0.1, 0.15) is 4.90 Å². The number of nitrogens with one attached hydrogen (secondary N) is 2. The third kappa shape index (κ3) is 8.28. The Morgan fingerprint density at radius 2 is 1.53 bits per heavy atom. The van der Waals surface area contributed by atoms with E-state index < -0.39 is 73.1 Å². The van der Waals surface area contributed by atoms with Gasteiger partial charge in [-0.1, -0.05) is 86.1 Å². The van der Waals surface area contributed by atoms with Gasteiger partial charge in [-0.3, -0.25) is 23.7 Å². The fourth-order valence-corrected chi connectivity index (χ4v) is 7.40. The lowest BCUT2D eigenvalue weighted by molar-refractivity contribution is -0.157. The van der Waals surface area contributed by atoms with Gasteiger partial charge in [0.25, 0.3) is 10.1 Å². The average Bonchev–Trinajstić information content (AvgIpc) is 2.95. The normalized spacial score (nSPS) is 18.2. The lowest BCUT2D eigenvalue weighted by Crippen LogP contribution is -2.48. The Hall–Kier alpha value is -3.61. The molecule has 1 fully saturated rings. The number of fused-ring (bicyclic) bond motifs is 1. The van der Waals surface area contributed by atoms with Gasteiger partial charge < -0.3 is 20.5 Å². The second kappa shape index (κ2) is 14.2. The molecule has 0 heterocycles. The molecule has 0 bridgehead atoms. The van der Waals surface area contributed by atoms with Crippen molar-refractivity contribution in [1.82, 2.24) is 0 Å². The molecule has 3 atom stereocenters. The Kier molecular flexibility index (Phi) is 11.5. The van der Waals surface area contributed by atoms with Crippen molar-refractivity contribution in [2.75, 3.05) is 17.7 Å². The standard InChI is InChI=1S/C35H48N2O9S/c1-10-20-21(11-2)31(39)27-25(30(20)38)22(36-19-15-13-12-14-16-19)17-24(47(43,44)45)29(27)37-32(40)28(35(6,7)8)26(33(41)42)23(46-9)18-34(3,4)5/h10-11,17,19,23,26,28,36H,1-2,12-16,18H2,3-9H3,(H,37,40)(H,41,42)(H,43,44,45). The van der Waals surface area contributed by atoms with Crippen molar-refractivity contribution in [1.29, 1.82) is 0 Å². The molecule has 1 aromatic rings. The molecule has 0 saturated heterocycles. The maximum Gasteiger partial charge on any atom is 0.309 e. The fraction of sp³-hybridized carbons (Fsp3) is 0.543. The van der Waals surface area contributed by atoms with Gasteiger partial charge in [-0.05, 0) is 36.2 Å². The number of methoxy groups -OCH3 is 1. The Balaban J connectivity index is 2.35. The molecule has 47 heavy (non-hydrogen) atoms. The molecule has 2 aliphatic rings. The van der Waals surface area contributed by atoms with Crippen LogP contribution in [-0.4, -0.2) is 60.8 Å². The second-order valence-corrected chi connectivity index (χ2v) is 16.0. The Labute approximate surface area is 277 Å². The van der Waals surface area contributed by atoms with Crippen LogP contribution in [0.3, 0.4) is 0 Å². The van der Waals surface area contributed by atoms with E-state index >= 15 is 0 Å². The smallest absolute Gasteiger partial charge is 0.309 e. The molecule has 12 heteroatoms. The molecule has 0 aromatic heterocycles. The van der Waals surface area contributed by atoms with E-state index in [-0.39, 0.29) is 40.3 Å². The largest absolute Gasteiger partial charge is 0.481 e. The number of aliphatic carboxylic acids is 1. The van der Waals surface area contributed by atoms with Crippen LogP contribution in [0.15, 0.2) is 47.4 Å².